The van der Waals surface area contributed by atoms with Crippen molar-refractivity contribution in [1.29, 1.82) is 5.26 Å². The van der Waals surface area contributed by atoms with Crippen LogP contribution in [0.4, 0.5) is 4.39 Å². The number of halogens is 1. The minimum Gasteiger partial charge on any atom is -0.339 e. The molecule has 2 aliphatic heterocycles. The first-order valence-corrected chi connectivity index (χ1v) is 9.38. The molecule has 28 heavy (non-hydrogen) atoms. The van der Waals surface area contributed by atoms with E-state index in [4.69, 9.17) is 5.26 Å². The zero-order chi connectivity index (χ0) is 19.8. The molecule has 2 atom stereocenters. The van der Waals surface area contributed by atoms with Gasteiger partial charge in [-0.2, -0.15) is 5.26 Å². The van der Waals surface area contributed by atoms with E-state index in [9.17, 15) is 14.0 Å². The van der Waals surface area contributed by atoms with E-state index >= 15 is 0 Å². The van der Waals surface area contributed by atoms with Crippen LogP contribution in [0.3, 0.4) is 0 Å². The van der Waals surface area contributed by atoms with E-state index in [0.717, 1.165) is 12.8 Å². The number of rotatable bonds is 3. The Morgan fingerprint density at radius 3 is 2.64 bits per heavy atom. The second-order valence-electron chi connectivity index (χ2n) is 7.18. The summed E-state index contributed by atoms with van der Waals surface area (Å²) in [5.41, 5.74) is 0.851. The molecule has 1 N–H and O–H groups in total. The van der Waals surface area contributed by atoms with Crippen LogP contribution in [-0.4, -0.2) is 56.8 Å². The number of likely N-dealkylation sites (tertiary alicyclic amines) is 1. The summed E-state index contributed by atoms with van der Waals surface area (Å²) in [4.78, 5) is 35.8. The molecule has 144 valence electrons. The fourth-order valence-electron chi connectivity index (χ4n) is 4.26. The SMILES string of the molecule is CCc1cccc(C(=O)N2C3CCC2CN(C(=O)c2[nH]cnc2C#N)C3)c1F. The molecule has 8 heteroatoms. The maximum absolute atomic E-state index is 14.7. The molecule has 2 aromatic rings. The number of aromatic nitrogens is 2. The third kappa shape index (κ3) is 2.83. The Balaban J connectivity index is 1.56. The second kappa shape index (κ2) is 7.08. The van der Waals surface area contributed by atoms with Crippen LogP contribution in [-0.2, 0) is 6.42 Å². The number of benzene rings is 1. The van der Waals surface area contributed by atoms with Crippen LogP contribution in [0.25, 0.3) is 0 Å². The number of nitriles is 1. The van der Waals surface area contributed by atoms with Gasteiger partial charge in [-0.3, -0.25) is 9.59 Å². The number of hydrogen-bond acceptors (Lipinski definition) is 4. The average Bonchev–Trinajstić information content (AvgIpc) is 3.29. The molecule has 2 aliphatic rings. The first kappa shape index (κ1) is 18.2. The zero-order valence-corrected chi connectivity index (χ0v) is 15.5. The number of hydrogen-bond donors (Lipinski definition) is 1. The van der Waals surface area contributed by atoms with Crippen molar-refractivity contribution in [3.8, 4) is 6.07 Å². The number of aryl methyl sites for hydroxylation is 1. The topological polar surface area (TPSA) is 93.1 Å². The Bertz CT molecular complexity index is 965. The minimum absolute atomic E-state index is 0.0642. The number of carbonyl (C=O) groups excluding carboxylic acids is 2. The summed E-state index contributed by atoms with van der Waals surface area (Å²) >= 11 is 0. The summed E-state index contributed by atoms with van der Waals surface area (Å²) in [7, 11) is 0. The third-order valence-corrected chi connectivity index (χ3v) is 5.65. The fraction of sp³-hybridized carbons (Fsp3) is 0.400. The number of carbonyl (C=O) groups is 2. The zero-order valence-electron chi connectivity index (χ0n) is 15.5. The van der Waals surface area contributed by atoms with Crippen LogP contribution in [0.5, 0.6) is 0 Å². The normalized spacial score (nSPS) is 20.9. The molecule has 0 radical (unpaired) electrons. The molecule has 4 rings (SSSR count). The van der Waals surface area contributed by atoms with Crippen molar-refractivity contribution < 1.29 is 14.0 Å². The van der Waals surface area contributed by atoms with E-state index in [-0.39, 0.29) is 40.8 Å². The van der Waals surface area contributed by atoms with Gasteiger partial charge in [0.15, 0.2) is 5.69 Å². The van der Waals surface area contributed by atoms with Crippen molar-refractivity contribution in [1.82, 2.24) is 19.8 Å². The molecule has 1 aromatic heterocycles. The van der Waals surface area contributed by atoms with Crippen molar-refractivity contribution in [2.75, 3.05) is 13.1 Å². The van der Waals surface area contributed by atoms with Gasteiger partial charge >= 0.3 is 0 Å². The number of nitrogens with one attached hydrogen (secondary N) is 1. The van der Waals surface area contributed by atoms with Gasteiger partial charge in [-0.1, -0.05) is 19.1 Å². The van der Waals surface area contributed by atoms with Gasteiger partial charge in [-0.05, 0) is 30.9 Å². The molecule has 3 heterocycles. The molecule has 2 amide bonds. The Hall–Kier alpha value is -3.21. The van der Waals surface area contributed by atoms with Crippen molar-refractivity contribution in [2.24, 2.45) is 0 Å². The molecule has 2 saturated heterocycles. The quantitative estimate of drug-likeness (QED) is 0.881. The first-order valence-electron chi connectivity index (χ1n) is 9.38. The van der Waals surface area contributed by atoms with Gasteiger partial charge in [0.05, 0.1) is 24.0 Å². The lowest BCUT2D eigenvalue weighted by atomic mass is 10.0. The van der Waals surface area contributed by atoms with Crippen molar-refractivity contribution >= 4 is 11.8 Å². The monoisotopic (exact) mass is 381 g/mol. The van der Waals surface area contributed by atoms with Crippen LogP contribution in [0.2, 0.25) is 0 Å². The van der Waals surface area contributed by atoms with Gasteiger partial charge in [0.2, 0.25) is 0 Å². The van der Waals surface area contributed by atoms with Gasteiger partial charge < -0.3 is 14.8 Å². The molecule has 2 fully saturated rings. The maximum atomic E-state index is 14.7. The molecule has 7 nitrogen and oxygen atoms in total. The molecular weight excluding hydrogens is 361 g/mol. The van der Waals surface area contributed by atoms with Crippen LogP contribution >= 0.6 is 0 Å². The predicted octanol–water partition coefficient (Wildman–Crippen LogP) is 2.11. The second-order valence-corrected chi connectivity index (χ2v) is 7.18. The van der Waals surface area contributed by atoms with E-state index in [1.165, 1.54) is 12.4 Å². The summed E-state index contributed by atoms with van der Waals surface area (Å²) < 4.78 is 14.7. The first-order chi connectivity index (χ1) is 13.5. The molecule has 2 unspecified atom stereocenters. The Morgan fingerprint density at radius 1 is 1.29 bits per heavy atom. The highest BCUT2D eigenvalue weighted by molar-refractivity contribution is 5.97. The maximum Gasteiger partial charge on any atom is 0.273 e. The van der Waals surface area contributed by atoms with Gasteiger partial charge in [-0.15, -0.1) is 0 Å². The summed E-state index contributed by atoms with van der Waals surface area (Å²) in [5.74, 6) is -1.06. The lowest BCUT2D eigenvalue weighted by Crippen LogP contribution is -2.57. The van der Waals surface area contributed by atoms with Gasteiger partial charge in [0.1, 0.15) is 17.6 Å². The number of H-pyrrole nitrogens is 1. The van der Waals surface area contributed by atoms with E-state index in [0.29, 0.717) is 25.1 Å². The lowest BCUT2D eigenvalue weighted by Gasteiger charge is -2.41. The summed E-state index contributed by atoms with van der Waals surface area (Å²) in [6.45, 7) is 2.58. The number of piperazine rings is 1. The van der Waals surface area contributed by atoms with Crippen LogP contribution in [0, 0.1) is 17.1 Å². The van der Waals surface area contributed by atoms with E-state index in [2.05, 4.69) is 9.97 Å². The molecule has 2 bridgehead atoms. The van der Waals surface area contributed by atoms with E-state index < -0.39 is 5.82 Å². The number of amides is 2. The largest absolute Gasteiger partial charge is 0.339 e. The molecular formula is C20H20FN5O2. The summed E-state index contributed by atoms with van der Waals surface area (Å²) in [6.07, 6.45) is 3.38. The van der Waals surface area contributed by atoms with E-state index in [1.54, 1.807) is 21.9 Å². The van der Waals surface area contributed by atoms with Crippen LogP contribution < -0.4 is 0 Å². The highest BCUT2D eigenvalue weighted by atomic mass is 19.1. The lowest BCUT2D eigenvalue weighted by molar-refractivity contribution is 0.0354. The van der Waals surface area contributed by atoms with Crippen LogP contribution in [0.1, 0.15) is 51.9 Å². The molecule has 1 aromatic carbocycles. The smallest absolute Gasteiger partial charge is 0.273 e. The Kier molecular flexibility index (Phi) is 4.59. The fourth-order valence-corrected chi connectivity index (χ4v) is 4.26. The van der Waals surface area contributed by atoms with Crippen LogP contribution in [0.15, 0.2) is 24.5 Å². The molecule has 0 saturated carbocycles. The Labute approximate surface area is 161 Å². The van der Waals surface area contributed by atoms with Gasteiger partial charge in [0, 0.05) is 13.1 Å². The minimum atomic E-state index is -0.455. The highest BCUT2D eigenvalue weighted by Gasteiger charge is 2.45. The van der Waals surface area contributed by atoms with E-state index in [1.807, 2.05) is 13.0 Å². The number of fused-ring (bicyclic) bond motifs is 2. The van der Waals surface area contributed by atoms with Crippen molar-refractivity contribution in [2.45, 2.75) is 38.3 Å². The van der Waals surface area contributed by atoms with Gasteiger partial charge in [-0.25, -0.2) is 9.37 Å². The molecule has 0 spiro atoms. The summed E-state index contributed by atoms with van der Waals surface area (Å²) in [5, 5.41) is 9.09. The standard InChI is InChI=1S/C20H20FN5O2/c1-2-12-4-3-5-15(17(12)21)19(27)26-13-6-7-14(26)10-25(9-13)20(28)18-16(8-22)23-11-24-18/h3-5,11,13-14H,2,6-7,9-10H2,1H3,(H,23,24). The number of imidazole rings is 1. The van der Waals surface area contributed by atoms with Crippen molar-refractivity contribution in [3.63, 3.8) is 0 Å². The highest BCUT2D eigenvalue weighted by Crippen LogP contribution is 2.33. The summed E-state index contributed by atoms with van der Waals surface area (Å²) in [6, 6.07) is 6.51. The average molecular weight is 381 g/mol. The van der Waals surface area contributed by atoms with Crippen molar-refractivity contribution in [3.05, 3.63) is 52.9 Å². The third-order valence-electron chi connectivity index (χ3n) is 5.65. The predicted molar refractivity (Wildman–Crippen MR) is 98.0 cm³/mol. The number of aromatic amines is 1. The van der Waals surface area contributed by atoms with Gasteiger partial charge in [0.25, 0.3) is 11.8 Å². The Morgan fingerprint density at radius 2 is 2.00 bits per heavy atom. The molecule has 0 aliphatic carbocycles. The number of nitrogens with zero attached hydrogens (tertiary/aromatic N) is 4.